The second kappa shape index (κ2) is 7.88. The Morgan fingerprint density at radius 2 is 1.84 bits per heavy atom. The van der Waals surface area contributed by atoms with E-state index in [1.807, 2.05) is 6.07 Å². The molecule has 7 heteroatoms. The van der Waals surface area contributed by atoms with E-state index >= 15 is 0 Å². The topological polar surface area (TPSA) is 72.0 Å². The number of anilines is 2. The van der Waals surface area contributed by atoms with Crippen molar-refractivity contribution in [1.29, 1.82) is 0 Å². The minimum Gasteiger partial charge on any atom is -0.355 e. The van der Waals surface area contributed by atoms with E-state index in [-0.39, 0.29) is 0 Å². The van der Waals surface area contributed by atoms with Gasteiger partial charge in [0.15, 0.2) is 9.84 Å². The number of rotatable bonds is 5. The van der Waals surface area contributed by atoms with Crippen LogP contribution in [0.15, 0.2) is 53.6 Å². The van der Waals surface area contributed by atoms with E-state index in [2.05, 4.69) is 28.5 Å². The molecule has 1 fully saturated rings. The lowest BCUT2D eigenvalue weighted by Gasteiger charge is -2.12. The van der Waals surface area contributed by atoms with Gasteiger partial charge in [0.05, 0.1) is 30.9 Å². The van der Waals surface area contributed by atoms with E-state index in [0.717, 1.165) is 27.8 Å². The summed E-state index contributed by atoms with van der Waals surface area (Å²) in [7, 11) is -3.36. The first-order valence-electron chi connectivity index (χ1n) is 10.7. The van der Waals surface area contributed by atoms with Gasteiger partial charge < -0.3 is 5.32 Å². The first-order valence-corrected chi connectivity index (χ1v) is 13.1. The fourth-order valence-electron chi connectivity index (χ4n) is 4.21. The average molecular weight is 452 g/mol. The van der Waals surface area contributed by atoms with E-state index < -0.39 is 15.1 Å². The van der Waals surface area contributed by atoms with E-state index in [1.54, 1.807) is 49.6 Å². The standard InChI is InChI=1S/C24H25N3O2S2/c1-15(2)31(28,29)18-8-9-20-19(14-18)21(11-12-25-20)26-17-7-10-23-22(13-17)27-24(30-23)16-5-3-4-6-16/h7-16H,3-6H2,1-2H3,(H,25,26). The van der Waals surface area contributed by atoms with Gasteiger partial charge in [0, 0.05) is 28.9 Å². The van der Waals surface area contributed by atoms with Gasteiger partial charge in [0.25, 0.3) is 0 Å². The summed E-state index contributed by atoms with van der Waals surface area (Å²) in [6.07, 6.45) is 6.83. The summed E-state index contributed by atoms with van der Waals surface area (Å²) >= 11 is 1.80. The third-order valence-electron chi connectivity index (χ3n) is 6.05. The second-order valence-corrected chi connectivity index (χ2v) is 12.0. The predicted molar refractivity (Wildman–Crippen MR) is 128 cm³/mol. The minimum absolute atomic E-state index is 0.321. The van der Waals surface area contributed by atoms with E-state index in [9.17, 15) is 8.42 Å². The van der Waals surface area contributed by atoms with Crippen LogP contribution in [0.5, 0.6) is 0 Å². The Morgan fingerprint density at radius 3 is 2.61 bits per heavy atom. The molecule has 0 aliphatic heterocycles. The van der Waals surface area contributed by atoms with Crippen molar-refractivity contribution in [1.82, 2.24) is 9.97 Å². The molecule has 5 rings (SSSR count). The van der Waals surface area contributed by atoms with Crippen molar-refractivity contribution in [3.63, 3.8) is 0 Å². The number of nitrogens with zero attached hydrogens (tertiary/aromatic N) is 2. The number of hydrogen-bond acceptors (Lipinski definition) is 6. The van der Waals surface area contributed by atoms with Crippen molar-refractivity contribution in [3.8, 4) is 0 Å². The number of hydrogen-bond donors (Lipinski definition) is 1. The molecule has 0 unspecified atom stereocenters. The van der Waals surface area contributed by atoms with E-state index in [4.69, 9.17) is 4.98 Å². The van der Waals surface area contributed by atoms with Crippen molar-refractivity contribution in [3.05, 3.63) is 53.7 Å². The molecule has 160 valence electrons. The Balaban J connectivity index is 1.51. The molecule has 1 saturated carbocycles. The molecule has 2 aromatic carbocycles. The predicted octanol–water partition coefficient (Wildman–Crippen LogP) is 6.43. The molecular weight excluding hydrogens is 426 g/mol. The molecule has 0 atom stereocenters. The fraction of sp³-hybridized carbons (Fsp3) is 0.333. The van der Waals surface area contributed by atoms with Crippen LogP contribution in [-0.2, 0) is 9.84 Å². The van der Waals surface area contributed by atoms with Gasteiger partial charge in [-0.15, -0.1) is 11.3 Å². The Kier molecular flexibility index (Phi) is 5.18. The maximum Gasteiger partial charge on any atom is 0.180 e. The Labute approximate surface area is 186 Å². The first kappa shape index (κ1) is 20.4. The summed E-state index contributed by atoms with van der Waals surface area (Å²) < 4.78 is 26.5. The third-order valence-corrected chi connectivity index (χ3v) is 9.40. The van der Waals surface area contributed by atoms with Gasteiger partial charge in [0.2, 0.25) is 0 Å². The van der Waals surface area contributed by atoms with Gasteiger partial charge >= 0.3 is 0 Å². The highest BCUT2D eigenvalue weighted by molar-refractivity contribution is 7.92. The molecule has 4 aromatic rings. The van der Waals surface area contributed by atoms with Gasteiger partial charge in [-0.2, -0.15) is 0 Å². The Hall–Kier alpha value is -2.51. The summed E-state index contributed by atoms with van der Waals surface area (Å²) in [5.41, 5.74) is 3.53. The van der Waals surface area contributed by atoms with Crippen LogP contribution in [0.1, 0.15) is 50.5 Å². The highest BCUT2D eigenvalue weighted by Gasteiger charge is 2.21. The summed E-state index contributed by atoms with van der Waals surface area (Å²) in [5, 5.41) is 5.02. The molecule has 2 aromatic heterocycles. The Morgan fingerprint density at radius 1 is 1.03 bits per heavy atom. The average Bonchev–Trinajstić information content (AvgIpc) is 3.43. The highest BCUT2D eigenvalue weighted by atomic mass is 32.2. The number of pyridine rings is 1. The summed E-state index contributed by atoms with van der Waals surface area (Å²) in [6.45, 7) is 3.40. The van der Waals surface area contributed by atoms with Crippen molar-refractivity contribution >= 4 is 53.7 Å². The molecule has 31 heavy (non-hydrogen) atoms. The van der Waals surface area contributed by atoms with Crippen LogP contribution in [0.3, 0.4) is 0 Å². The summed E-state index contributed by atoms with van der Waals surface area (Å²) in [6, 6.07) is 13.3. The maximum atomic E-state index is 12.7. The number of thiazole rings is 1. The molecule has 5 nitrogen and oxygen atoms in total. The molecule has 0 saturated heterocycles. The molecule has 0 amide bonds. The van der Waals surface area contributed by atoms with Crippen LogP contribution in [0, 0.1) is 0 Å². The summed E-state index contributed by atoms with van der Waals surface area (Å²) in [4.78, 5) is 9.64. The number of nitrogens with one attached hydrogen (secondary N) is 1. The Bertz CT molecular complexity index is 1370. The van der Waals surface area contributed by atoms with Crippen LogP contribution in [0.25, 0.3) is 21.1 Å². The third kappa shape index (κ3) is 3.81. The lowest BCUT2D eigenvalue weighted by molar-refractivity contribution is 0.587. The molecule has 1 N–H and O–H groups in total. The van der Waals surface area contributed by atoms with Gasteiger partial charge in [-0.3, -0.25) is 4.98 Å². The van der Waals surface area contributed by atoms with Gasteiger partial charge in [-0.05, 0) is 69.2 Å². The quantitative estimate of drug-likeness (QED) is 0.379. The summed E-state index contributed by atoms with van der Waals surface area (Å²) in [5.74, 6) is 0.610. The maximum absolute atomic E-state index is 12.7. The molecule has 0 radical (unpaired) electrons. The molecule has 1 aliphatic rings. The lowest BCUT2D eigenvalue weighted by atomic mass is 10.1. The zero-order chi connectivity index (χ0) is 21.6. The number of fused-ring (bicyclic) bond motifs is 2. The highest BCUT2D eigenvalue weighted by Crippen LogP contribution is 2.39. The number of sulfone groups is 1. The first-order chi connectivity index (χ1) is 14.9. The van der Waals surface area contributed by atoms with Crippen LogP contribution in [0.2, 0.25) is 0 Å². The van der Waals surface area contributed by atoms with E-state index in [1.165, 1.54) is 35.4 Å². The van der Waals surface area contributed by atoms with E-state index in [0.29, 0.717) is 10.8 Å². The SMILES string of the molecule is CC(C)S(=O)(=O)c1ccc2nccc(Nc3ccc4sc(C5CCCC5)nc4c3)c2c1. The smallest absolute Gasteiger partial charge is 0.180 e. The minimum atomic E-state index is -3.36. The van der Waals surface area contributed by atoms with Gasteiger partial charge in [-0.1, -0.05) is 12.8 Å². The second-order valence-electron chi connectivity index (χ2n) is 8.47. The lowest BCUT2D eigenvalue weighted by Crippen LogP contribution is -2.13. The van der Waals surface area contributed by atoms with Crippen molar-refractivity contribution in [2.45, 2.75) is 55.6 Å². The van der Waals surface area contributed by atoms with Crippen molar-refractivity contribution in [2.24, 2.45) is 0 Å². The molecule has 0 spiro atoms. The monoisotopic (exact) mass is 451 g/mol. The van der Waals surface area contributed by atoms with Crippen molar-refractivity contribution < 1.29 is 8.42 Å². The van der Waals surface area contributed by atoms with Crippen LogP contribution >= 0.6 is 11.3 Å². The zero-order valence-electron chi connectivity index (χ0n) is 17.6. The zero-order valence-corrected chi connectivity index (χ0v) is 19.3. The van der Waals surface area contributed by atoms with Gasteiger partial charge in [-0.25, -0.2) is 13.4 Å². The molecule has 2 heterocycles. The van der Waals surface area contributed by atoms with Crippen LogP contribution in [0.4, 0.5) is 11.4 Å². The number of aromatic nitrogens is 2. The molecule has 1 aliphatic carbocycles. The van der Waals surface area contributed by atoms with Crippen molar-refractivity contribution in [2.75, 3.05) is 5.32 Å². The fourth-order valence-corrected chi connectivity index (χ4v) is 6.41. The largest absolute Gasteiger partial charge is 0.355 e. The van der Waals surface area contributed by atoms with Crippen LogP contribution in [-0.4, -0.2) is 23.6 Å². The van der Waals surface area contributed by atoms with Crippen LogP contribution < -0.4 is 5.32 Å². The molecular formula is C24H25N3O2S2. The number of benzene rings is 2. The van der Waals surface area contributed by atoms with Gasteiger partial charge in [0.1, 0.15) is 0 Å². The normalized spacial score (nSPS) is 15.3. The molecule has 0 bridgehead atoms.